The Bertz CT molecular complexity index is 939. The summed E-state index contributed by atoms with van der Waals surface area (Å²) in [5.74, 6) is -0.173. The molecule has 0 atom stereocenters. The molecule has 0 spiro atoms. The van der Waals surface area contributed by atoms with Gasteiger partial charge in [-0.2, -0.15) is 4.31 Å². The van der Waals surface area contributed by atoms with E-state index in [1.54, 1.807) is 17.0 Å². The van der Waals surface area contributed by atoms with Crippen LogP contribution in [0.25, 0.3) is 0 Å². The molecule has 0 N–H and O–H groups in total. The van der Waals surface area contributed by atoms with Crippen molar-refractivity contribution < 1.29 is 13.2 Å². The van der Waals surface area contributed by atoms with E-state index in [-0.39, 0.29) is 17.3 Å². The number of carbonyl (C=O) groups is 1. The number of rotatable bonds is 5. The highest BCUT2D eigenvalue weighted by Crippen LogP contribution is 2.21. The zero-order valence-corrected chi connectivity index (χ0v) is 18.4. The van der Waals surface area contributed by atoms with Crippen LogP contribution in [0, 0.1) is 6.92 Å². The van der Waals surface area contributed by atoms with Crippen molar-refractivity contribution in [1.29, 1.82) is 0 Å². The van der Waals surface area contributed by atoms with Crippen molar-refractivity contribution in [2.45, 2.75) is 11.8 Å². The number of likely N-dealkylation sites (N-methyl/N-ethyl adjacent to an activating group) is 1. The molecule has 0 aromatic heterocycles. The van der Waals surface area contributed by atoms with Gasteiger partial charge >= 0.3 is 0 Å². The lowest BCUT2D eigenvalue weighted by Gasteiger charge is -2.37. The van der Waals surface area contributed by atoms with Crippen molar-refractivity contribution >= 4 is 37.5 Å². The topological polar surface area (TPSA) is 60.9 Å². The molecule has 1 heterocycles. The van der Waals surface area contributed by atoms with Crippen LogP contribution in [0.3, 0.4) is 0 Å². The fourth-order valence-corrected chi connectivity index (χ4v) is 4.66. The van der Waals surface area contributed by atoms with Crippen LogP contribution < -0.4 is 4.90 Å². The lowest BCUT2D eigenvalue weighted by molar-refractivity contribution is -0.131. The second kappa shape index (κ2) is 8.63. The highest BCUT2D eigenvalue weighted by Gasteiger charge is 2.27. The van der Waals surface area contributed by atoms with E-state index in [1.165, 1.54) is 30.4 Å². The first-order valence-electron chi connectivity index (χ1n) is 9.09. The molecule has 2 aromatic rings. The Labute approximate surface area is 174 Å². The van der Waals surface area contributed by atoms with Crippen LogP contribution in [-0.2, 0) is 14.8 Å². The number of amides is 1. The molecule has 1 aliphatic heterocycles. The lowest BCUT2D eigenvalue weighted by atomic mass is 10.1. The minimum Gasteiger partial charge on any atom is -0.368 e. The number of para-hydroxylation sites is 1. The summed E-state index contributed by atoms with van der Waals surface area (Å²) in [5.41, 5.74) is 2.40. The van der Waals surface area contributed by atoms with Crippen LogP contribution in [-0.4, -0.2) is 63.3 Å². The molecule has 0 radical (unpaired) electrons. The summed E-state index contributed by atoms with van der Waals surface area (Å²) in [7, 11) is -2.25. The minimum atomic E-state index is -3.69. The van der Waals surface area contributed by atoms with Crippen LogP contribution in [0.5, 0.6) is 0 Å². The summed E-state index contributed by atoms with van der Waals surface area (Å²) in [6, 6.07) is 14.6. The molecular weight excluding hydrogens is 442 g/mol. The van der Waals surface area contributed by atoms with E-state index in [0.29, 0.717) is 13.1 Å². The van der Waals surface area contributed by atoms with Crippen LogP contribution in [0.2, 0.25) is 0 Å². The van der Waals surface area contributed by atoms with Gasteiger partial charge in [0.15, 0.2) is 0 Å². The first-order chi connectivity index (χ1) is 13.3. The molecule has 150 valence electrons. The maximum absolute atomic E-state index is 12.7. The van der Waals surface area contributed by atoms with E-state index in [4.69, 9.17) is 0 Å². The molecule has 1 saturated heterocycles. The van der Waals surface area contributed by atoms with Gasteiger partial charge in [-0.15, -0.1) is 0 Å². The van der Waals surface area contributed by atoms with E-state index in [0.717, 1.165) is 21.9 Å². The molecule has 0 aliphatic carbocycles. The first-order valence-corrected chi connectivity index (χ1v) is 11.3. The number of halogens is 1. The highest BCUT2D eigenvalue weighted by atomic mass is 79.9. The van der Waals surface area contributed by atoms with Crippen molar-refractivity contribution in [1.82, 2.24) is 9.21 Å². The van der Waals surface area contributed by atoms with Gasteiger partial charge in [0.1, 0.15) is 0 Å². The maximum Gasteiger partial charge on any atom is 0.243 e. The third-order valence-electron chi connectivity index (χ3n) is 4.97. The Hall–Kier alpha value is -1.90. The van der Waals surface area contributed by atoms with Crippen molar-refractivity contribution in [2.24, 2.45) is 0 Å². The van der Waals surface area contributed by atoms with Crippen LogP contribution in [0.4, 0.5) is 5.69 Å². The Morgan fingerprint density at radius 1 is 1.04 bits per heavy atom. The highest BCUT2D eigenvalue weighted by molar-refractivity contribution is 9.10. The number of piperazine rings is 1. The second-order valence-electron chi connectivity index (χ2n) is 6.87. The number of sulfonamides is 1. The Kier molecular flexibility index (Phi) is 6.42. The molecule has 0 unspecified atom stereocenters. The molecule has 1 fully saturated rings. The monoisotopic (exact) mass is 465 g/mol. The number of benzene rings is 2. The van der Waals surface area contributed by atoms with Crippen molar-refractivity contribution in [3.8, 4) is 0 Å². The average molecular weight is 466 g/mol. The SMILES string of the molecule is Cc1ccccc1N1CCN(C(=O)CN(C)S(=O)(=O)c2ccc(Br)cc2)CC1. The second-order valence-corrected chi connectivity index (χ2v) is 9.83. The number of nitrogens with zero attached hydrogens (tertiary/aromatic N) is 3. The molecule has 3 rings (SSSR count). The predicted octanol–water partition coefficient (Wildman–Crippen LogP) is 2.73. The third-order valence-corrected chi connectivity index (χ3v) is 7.31. The fraction of sp³-hybridized carbons (Fsp3) is 0.350. The number of carbonyl (C=O) groups excluding carboxylic acids is 1. The summed E-state index contributed by atoms with van der Waals surface area (Å²) in [6.07, 6.45) is 0. The van der Waals surface area contributed by atoms with E-state index in [1.807, 2.05) is 12.1 Å². The lowest BCUT2D eigenvalue weighted by Crippen LogP contribution is -2.51. The quantitative estimate of drug-likeness (QED) is 0.680. The first kappa shape index (κ1) is 20.8. The van der Waals surface area contributed by atoms with E-state index < -0.39 is 10.0 Å². The van der Waals surface area contributed by atoms with Gasteiger partial charge in [0.05, 0.1) is 11.4 Å². The zero-order chi connectivity index (χ0) is 20.3. The Balaban J connectivity index is 1.59. The van der Waals surface area contributed by atoms with Gasteiger partial charge in [-0.05, 0) is 42.8 Å². The van der Waals surface area contributed by atoms with Gasteiger partial charge in [0.25, 0.3) is 0 Å². The summed E-state index contributed by atoms with van der Waals surface area (Å²) < 4.78 is 27.3. The van der Waals surface area contributed by atoms with E-state index in [9.17, 15) is 13.2 Å². The summed E-state index contributed by atoms with van der Waals surface area (Å²) >= 11 is 3.29. The van der Waals surface area contributed by atoms with Gasteiger partial charge in [-0.25, -0.2) is 8.42 Å². The standard InChI is InChI=1S/C20H24BrN3O3S/c1-16-5-3-4-6-19(16)23-11-13-24(14-12-23)20(25)15-22(2)28(26,27)18-9-7-17(21)8-10-18/h3-10H,11-15H2,1-2H3. The average Bonchev–Trinajstić information content (AvgIpc) is 2.69. The number of hydrogen-bond donors (Lipinski definition) is 0. The van der Waals surface area contributed by atoms with Gasteiger partial charge in [0, 0.05) is 43.4 Å². The molecule has 8 heteroatoms. The molecule has 2 aromatic carbocycles. The molecule has 0 bridgehead atoms. The molecule has 28 heavy (non-hydrogen) atoms. The summed E-state index contributed by atoms with van der Waals surface area (Å²) in [6.45, 7) is 4.55. The van der Waals surface area contributed by atoms with Gasteiger partial charge in [-0.3, -0.25) is 4.79 Å². The Morgan fingerprint density at radius 3 is 2.25 bits per heavy atom. The van der Waals surface area contributed by atoms with Gasteiger partial charge < -0.3 is 9.80 Å². The largest absolute Gasteiger partial charge is 0.368 e. The van der Waals surface area contributed by atoms with Crippen molar-refractivity contribution in [2.75, 3.05) is 44.7 Å². The number of aryl methyl sites for hydroxylation is 1. The van der Waals surface area contributed by atoms with Crippen molar-refractivity contribution in [3.63, 3.8) is 0 Å². The predicted molar refractivity (Wildman–Crippen MR) is 114 cm³/mol. The minimum absolute atomic E-state index is 0.164. The van der Waals surface area contributed by atoms with E-state index in [2.05, 4.69) is 39.9 Å². The zero-order valence-electron chi connectivity index (χ0n) is 16.0. The van der Waals surface area contributed by atoms with Gasteiger partial charge in [-0.1, -0.05) is 34.1 Å². The van der Waals surface area contributed by atoms with E-state index >= 15 is 0 Å². The molecule has 0 saturated carbocycles. The molecular formula is C20H24BrN3O3S. The molecule has 6 nitrogen and oxygen atoms in total. The summed E-state index contributed by atoms with van der Waals surface area (Å²) in [5, 5.41) is 0. The maximum atomic E-state index is 12.7. The van der Waals surface area contributed by atoms with Crippen LogP contribution in [0.15, 0.2) is 57.9 Å². The smallest absolute Gasteiger partial charge is 0.243 e. The number of hydrogen-bond acceptors (Lipinski definition) is 4. The number of anilines is 1. The van der Waals surface area contributed by atoms with Crippen LogP contribution >= 0.6 is 15.9 Å². The normalized spacial score (nSPS) is 15.1. The Morgan fingerprint density at radius 2 is 1.64 bits per heavy atom. The van der Waals surface area contributed by atoms with Crippen molar-refractivity contribution in [3.05, 3.63) is 58.6 Å². The summed E-state index contributed by atoms with van der Waals surface area (Å²) in [4.78, 5) is 16.8. The molecule has 1 aliphatic rings. The van der Waals surface area contributed by atoms with Gasteiger partial charge in [0.2, 0.25) is 15.9 Å². The van der Waals surface area contributed by atoms with Crippen LogP contribution in [0.1, 0.15) is 5.56 Å². The third kappa shape index (κ3) is 4.56. The fourth-order valence-electron chi connectivity index (χ4n) is 3.28. The molecule has 1 amide bonds.